The summed E-state index contributed by atoms with van der Waals surface area (Å²) in [6.45, 7) is 3.00. The van der Waals surface area contributed by atoms with Crippen LogP contribution in [0.1, 0.15) is 16.8 Å². The highest BCUT2D eigenvalue weighted by Gasteiger charge is 2.24. The predicted molar refractivity (Wildman–Crippen MR) is 108 cm³/mol. The molecule has 140 valence electrons. The normalized spacial score (nSPS) is 14.2. The minimum Gasteiger partial charge on any atom is -0.362 e. The Morgan fingerprint density at radius 1 is 1.11 bits per heavy atom. The number of fused-ring (bicyclic) bond motifs is 1. The van der Waals surface area contributed by atoms with E-state index in [0.29, 0.717) is 0 Å². The third-order valence-corrected chi connectivity index (χ3v) is 5.06. The molecule has 6 nitrogen and oxygen atoms in total. The first kappa shape index (κ1) is 17.7. The highest BCUT2D eigenvalue weighted by atomic mass is 15.2. The van der Waals surface area contributed by atoms with Crippen LogP contribution in [0, 0.1) is 0 Å². The summed E-state index contributed by atoms with van der Waals surface area (Å²) < 4.78 is 1.79. The Bertz CT molecular complexity index is 916. The monoisotopic (exact) mass is 362 g/mol. The Hall–Kier alpha value is -2.73. The van der Waals surface area contributed by atoms with E-state index in [2.05, 4.69) is 59.3 Å². The molecule has 27 heavy (non-hydrogen) atoms. The number of aromatic nitrogens is 4. The second-order valence-electron chi connectivity index (χ2n) is 7.35. The third kappa shape index (κ3) is 3.85. The zero-order valence-electron chi connectivity index (χ0n) is 16.3. The lowest BCUT2D eigenvalue weighted by molar-refractivity contribution is 0.255. The summed E-state index contributed by atoms with van der Waals surface area (Å²) in [5.74, 6) is 1.78. The molecule has 2 aromatic heterocycles. The van der Waals surface area contributed by atoms with Crippen LogP contribution >= 0.6 is 0 Å². The molecule has 0 aliphatic carbocycles. The van der Waals surface area contributed by atoms with Gasteiger partial charge in [0.25, 0.3) is 0 Å². The molecule has 4 rings (SSSR count). The largest absolute Gasteiger partial charge is 0.362 e. The van der Waals surface area contributed by atoms with Crippen LogP contribution < -0.4 is 4.90 Å². The van der Waals surface area contributed by atoms with E-state index < -0.39 is 0 Å². The number of hydrogen-bond donors (Lipinski definition) is 0. The van der Waals surface area contributed by atoms with Crippen LogP contribution in [-0.4, -0.2) is 51.8 Å². The standard InChI is InChI=1S/C21H26N6/c1-25(2)21-18-15-27(11-9-16-7-5-4-6-8-16)12-10-19(18)23-20(24-21)17-13-22-26(3)14-17/h4-8,13-14H,9-12,15H2,1-3H3. The van der Waals surface area contributed by atoms with Crippen molar-refractivity contribution >= 4 is 5.82 Å². The van der Waals surface area contributed by atoms with Crippen LogP contribution in [0.3, 0.4) is 0 Å². The van der Waals surface area contributed by atoms with Gasteiger partial charge in [-0.15, -0.1) is 0 Å². The zero-order chi connectivity index (χ0) is 18.8. The molecule has 6 heteroatoms. The van der Waals surface area contributed by atoms with Crippen molar-refractivity contribution in [3.05, 3.63) is 59.5 Å². The van der Waals surface area contributed by atoms with Gasteiger partial charge in [0.2, 0.25) is 0 Å². The molecule has 0 saturated heterocycles. The van der Waals surface area contributed by atoms with Crippen LogP contribution in [0.5, 0.6) is 0 Å². The lowest BCUT2D eigenvalue weighted by Crippen LogP contribution is -2.34. The van der Waals surface area contributed by atoms with Gasteiger partial charge in [0, 0.05) is 59.0 Å². The molecule has 1 aliphatic heterocycles. The molecular formula is C21H26N6. The van der Waals surface area contributed by atoms with Gasteiger partial charge in [-0.3, -0.25) is 9.58 Å². The predicted octanol–water partition coefficient (Wildman–Crippen LogP) is 2.54. The Labute approximate surface area is 160 Å². The van der Waals surface area contributed by atoms with Gasteiger partial charge in [0.1, 0.15) is 5.82 Å². The van der Waals surface area contributed by atoms with Gasteiger partial charge in [-0.2, -0.15) is 5.10 Å². The lowest BCUT2D eigenvalue weighted by atomic mass is 10.0. The number of rotatable bonds is 5. The highest BCUT2D eigenvalue weighted by molar-refractivity contribution is 5.59. The molecule has 0 radical (unpaired) electrons. The summed E-state index contributed by atoms with van der Waals surface area (Å²) in [4.78, 5) is 14.3. The van der Waals surface area contributed by atoms with Gasteiger partial charge in [-0.25, -0.2) is 9.97 Å². The molecule has 0 atom stereocenters. The molecule has 0 unspecified atom stereocenters. The summed E-state index contributed by atoms with van der Waals surface area (Å²) in [7, 11) is 6.02. The summed E-state index contributed by atoms with van der Waals surface area (Å²) >= 11 is 0. The second-order valence-corrected chi connectivity index (χ2v) is 7.35. The van der Waals surface area contributed by atoms with E-state index in [4.69, 9.17) is 9.97 Å². The summed E-state index contributed by atoms with van der Waals surface area (Å²) in [6, 6.07) is 10.7. The highest BCUT2D eigenvalue weighted by Crippen LogP contribution is 2.28. The molecule has 3 heterocycles. The van der Waals surface area contributed by atoms with Crippen molar-refractivity contribution in [1.29, 1.82) is 0 Å². The van der Waals surface area contributed by atoms with E-state index in [1.807, 2.05) is 19.4 Å². The first-order chi connectivity index (χ1) is 13.1. The maximum absolute atomic E-state index is 4.87. The molecule has 3 aromatic rings. The van der Waals surface area contributed by atoms with Gasteiger partial charge >= 0.3 is 0 Å². The van der Waals surface area contributed by atoms with E-state index in [1.165, 1.54) is 16.8 Å². The lowest BCUT2D eigenvalue weighted by Gasteiger charge is -2.31. The van der Waals surface area contributed by atoms with E-state index in [0.717, 1.165) is 49.7 Å². The second kappa shape index (κ2) is 7.48. The number of hydrogen-bond acceptors (Lipinski definition) is 5. The van der Waals surface area contributed by atoms with Crippen molar-refractivity contribution in [1.82, 2.24) is 24.6 Å². The topological polar surface area (TPSA) is 50.1 Å². The molecule has 0 bridgehead atoms. The fourth-order valence-electron chi connectivity index (χ4n) is 3.61. The van der Waals surface area contributed by atoms with E-state index in [9.17, 15) is 0 Å². The van der Waals surface area contributed by atoms with Crippen molar-refractivity contribution in [2.24, 2.45) is 7.05 Å². The van der Waals surface area contributed by atoms with E-state index in [-0.39, 0.29) is 0 Å². The molecule has 0 N–H and O–H groups in total. The van der Waals surface area contributed by atoms with Crippen molar-refractivity contribution in [3.8, 4) is 11.4 Å². The zero-order valence-corrected chi connectivity index (χ0v) is 16.3. The Morgan fingerprint density at radius 3 is 2.63 bits per heavy atom. The minimum absolute atomic E-state index is 0.767. The number of anilines is 1. The fraction of sp³-hybridized carbons (Fsp3) is 0.381. The van der Waals surface area contributed by atoms with Crippen LogP contribution in [0.2, 0.25) is 0 Å². The van der Waals surface area contributed by atoms with Crippen molar-refractivity contribution in [3.63, 3.8) is 0 Å². The van der Waals surface area contributed by atoms with Crippen LogP contribution in [-0.2, 0) is 26.4 Å². The Kier molecular flexibility index (Phi) is 4.90. The van der Waals surface area contributed by atoms with Crippen LogP contribution in [0.4, 0.5) is 5.82 Å². The van der Waals surface area contributed by atoms with Crippen molar-refractivity contribution < 1.29 is 0 Å². The van der Waals surface area contributed by atoms with Gasteiger partial charge in [0.15, 0.2) is 5.82 Å². The first-order valence-corrected chi connectivity index (χ1v) is 9.42. The molecule has 0 saturated carbocycles. The van der Waals surface area contributed by atoms with E-state index in [1.54, 1.807) is 4.68 Å². The fourth-order valence-corrected chi connectivity index (χ4v) is 3.61. The SMILES string of the molecule is CN(C)c1nc(-c2cnn(C)c2)nc2c1CN(CCc1ccccc1)CC2. The molecular weight excluding hydrogens is 336 g/mol. The minimum atomic E-state index is 0.767. The van der Waals surface area contributed by atoms with Crippen LogP contribution in [0.25, 0.3) is 11.4 Å². The van der Waals surface area contributed by atoms with Crippen molar-refractivity contribution in [2.45, 2.75) is 19.4 Å². The Balaban J connectivity index is 1.57. The average Bonchev–Trinajstić information content (AvgIpc) is 3.12. The maximum Gasteiger partial charge on any atom is 0.164 e. The van der Waals surface area contributed by atoms with Gasteiger partial charge in [-0.1, -0.05) is 30.3 Å². The molecule has 0 fully saturated rings. The molecule has 1 aromatic carbocycles. The summed E-state index contributed by atoms with van der Waals surface area (Å²) in [5.41, 5.74) is 4.78. The number of aryl methyl sites for hydroxylation is 1. The van der Waals surface area contributed by atoms with Gasteiger partial charge in [0.05, 0.1) is 17.5 Å². The Morgan fingerprint density at radius 2 is 1.93 bits per heavy atom. The molecule has 0 amide bonds. The number of nitrogens with zero attached hydrogens (tertiary/aromatic N) is 6. The van der Waals surface area contributed by atoms with Gasteiger partial charge in [-0.05, 0) is 12.0 Å². The molecule has 0 spiro atoms. The maximum atomic E-state index is 4.87. The summed E-state index contributed by atoms with van der Waals surface area (Å²) in [5, 5.41) is 4.26. The number of benzene rings is 1. The smallest absolute Gasteiger partial charge is 0.164 e. The van der Waals surface area contributed by atoms with Gasteiger partial charge < -0.3 is 4.90 Å². The first-order valence-electron chi connectivity index (χ1n) is 9.42. The summed E-state index contributed by atoms with van der Waals surface area (Å²) in [6.07, 6.45) is 5.83. The quantitative estimate of drug-likeness (QED) is 0.698. The average molecular weight is 362 g/mol. The van der Waals surface area contributed by atoms with Crippen LogP contribution in [0.15, 0.2) is 42.7 Å². The third-order valence-electron chi connectivity index (χ3n) is 5.06. The van der Waals surface area contributed by atoms with Crippen molar-refractivity contribution in [2.75, 3.05) is 32.1 Å². The molecule has 1 aliphatic rings. The van der Waals surface area contributed by atoms with E-state index >= 15 is 0 Å².